The van der Waals surface area contributed by atoms with E-state index in [0.717, 1.165) is 26.1 Å². The van der Waals surface area contributed by atoms with Crippen LogP contribution in [0.4, 0.5) is 4.79 Å². The van der Waals surface area contributed by atoms with Crippen molar-refractivity contribution in [3.05, 3.63) is 35.9 Å². The van der Waals surface area contributed by atoms with E-state index >= 15 is 0 Å². The molecule has 1 aromatic carbocycles. The number of rotatable bonds is 7. The molecule has 0 aliphatic carbocycles. The van der Waals surface area contributed by atoms with Gasteiger partial charge in [-0.2, -0.15) is 0 Å². The van der Waals surface area contributed by atoms with Gasteiger partial charge in [-0.15, -0.1) is 11.6 Å². The fourth-order valence-corrected chi connectivity index (χ4v) is 4.56. The highest BCUT2D eigenvalue weighted by Gasteiger charge is 2.42. The summed E-state index contributed by atoms with van der Waals surface area (Å²) in [6, 6.07) is 10.4. The zero-order valence-corrected chi connectivity index (χ0v) is 19.6. The number of likely N-dealkylation sites (tertiary alicyclic amines) is 1. The first-order valence-corrected chi connectivity index (χ1v) is 13.5. The smallest absolute Gasteiger partial charge is 0.407 e. The number of ether oxygens (including phenoxy) is 1. The molecule has 0 spiro atoms. The average molecular weight is 427 g/mol. The highest BCUT2D eigenvalue weighted by molar-refractivity contribution is 6.74. The summed E-state index contributed by atoms with van der Waals surface area (Å²) in [4.78, 5) is 14.5. The third-order valence-electron chi connectivity index (χ3n) is 5.76. The first-order valence-electron chi connectivity index (χ1n) is 10.1. The number of halogens is 1. The Bertz CT molecular complexity index is 622. The number of benzene rings is 1. The quantitative estimate of drug-likeness (QED) is 0.510. The standard InChI is InChI=1S/C21H35ClN2O3Si/c1-21(2,3)28(4,5)27-19-16-24(15-17-9-7-6-8-10-17)13-11-18(19)23-20(25)26-14-12-22/h6-10,18-19H,11-16H2,1-5H3,(H,23,25). The predicted octanol–water partition coefficient (Wildman–Crippen LogP) is 4.62. The molecule has 2 rings (SSSR count). The van der Waals surface area contributed by atoms with Crippen LogP contribution in [-0.4, -0.2) is 57.0 Å². The Morgan fingerprint density at radius 3 is 2.57 bits per heavy atom. The topological polar surface area (TPSA) is 50.8 Å². The molecule has 1 heterocycles. The lowest BCUT2D eigenvalue weighted by Gasteiger charge is -2.45. The van der Waals surface area contributed by atoms with Crippen LogP contribution < -0.4 is 5.32 Å². The van der Waals surface area contributed by atoms with E-state index in [0.29, 0.717) is 5.88 Å². The molecule has 2 atom stereocenters. The molecule has 0 radical (unpaired) electrons. The van der Waals surface area contributed by atoms with E-state index in [1.807, 2.05) is 6.07 Å². The Morgan fingerprint density at radius 2 is 1.96 bits per heavy atom. The van der Waals surface area contributed by atoms with Crippen molar-refractivity contribution in [3.8, 4) is 0 Å². The first-order chi connectivity index (χ1) is 13.1. The van der Waals surface area contributed by atoms with Gasteiger partial charge in [0.15, 0.2) is 8.32 Å². The SMILES string of the molecule is CC(C)(C)[Si](C)(C)OC1CN(Cc2ccccc2)CCC1NC(=O)OCCCl. The van der Waals surface area contributed by atoms with Crippen LogP contribution >= 0.6 is 11.6 Å². The van der Waals surface area contributed by atoms with E-state index in [1.165, 1.54) is 5.56 Å². The number of carbonyl (C=O) groups is 1. The van der Waals surface area contributed by atoms with Crippen LogP contribution in [0.3, 0.4) is 0 Å². The summed E-state index contributed by atoms with van der Waals surface area (Å²) < 4.78 is 11.9. The van der Waals surface area contributed by atoms with Crippen molar-refractivity contribution in [1.29, 1.82) is 0 Å². The number of nitrogens with one attached hydrogen (secondary N) is 1. The van der Waals surface area contributed by atoms with Crippen LogP contribution in [0.5, 0.6) is 0 Å². The molecule has 1 aromatic rings. The molecule has 1 fully saturated rings. The second-order valence-corrected chi connectivity index (χ2v) is 14.1. The monoisotopic (exact) mass is 426 g/mol. The Hall–Kier alpha value is -1.08. The largest absolute Gasteiger partial charge is 0.448 e. The van der Waals surface area contributed by atoms with Crippen molar-refractivity contribution in [2.45, 2.75) is 64.0 Å². The van der Waals surface area contributed by atoms with Gasteiger partial charge in [0, 0.05) is 19.6 Å². The highest BCUT2D eigenvalue weighted by atomic mass is 35.5. The van der Waals surface area contributed by atoms with Gasteiger partial charge in [0.05, 0.1) is 18.0 Å². The number of hydrogen-bond acceptors (Lipinski definition) is 4. The maximum absolute atomic E-state index is 12.1. The first kappa shape index (κ1) is 23.2. The van der Waals surface area contributed by atoms with Gasteiger partial charge in [-0.3, -0.25) is 4.90 Å². The summed E-state index contributed by atoms with van der Waals surface area (Å²) >= 11 is 5.62. The summed E-state index contributed by atoms with van der Waals surface area (Å²) in [6.45, 7) is 14.0. The molecule has 1 saturated heterocycles. The van der Waals surface area contributed by atoms with Gasteiger partial charge in [0.1, 0.15) is 6.61 Å². The van der Waals surface area contributed by atoms with Crippen molar-refractivity contribution in [3.63, 3.8) is 0 Å². The fourth-order valence-electron chi connectivity index (χ4n) is 3.13. The molecule has 7 heteroatoms. The number of hydrogen-bond donors (Lipinski definition) is 1. The van der Waals surface area contributed by atoms with Crippen LogP contribution in [0.15, 0.2) is 30.3 Å². The van der Waals surface area contributed by atoms with Gasteiger partial charge in [-0.25, -0.2) is 4.79 Å². The Labute approximate surface area is 175 Å². The maximum Gasteiger partial charge on any atom is 0.407 e. The molecule has 1 aliphatic rings. The molecule has 1 N–H and O–H groups in total. The molecule has 0 bridgehead atoms. The van der Waals surface area contributed by atoms with E-state index in [-0.39, 0.29) is 23.8 Å². The zero-order valence-electron chi connectivity index (χ0n) is 17.8. The van der Waals surface area contributed by atoms with Crippen molar-refractivity contribution in [1.82, 2.24) is 10.2 Å². The molecule has 1 aliphatic heterocycles. The van der Waals surface area contributed by atoms with Crippen LogP contribution in [0.1, 0.15) is 32.8 Å². The molecule has 1 amide bonds. The van der Waals surface area contributed by atoms with Crippen molar-refractivity contribution in [2.24, 2.45) is 0 Å². The van der Waals surface area contributed by atoms with Gasteiger partial charge in [0.2, 0.25) is 0 Å². The van der Waals surface area contributed by atoms with Crippen molar-refractivity contribution >= 4 is 26.0 Å². The lowest BCUT2D eigenvalue weighted by Crippen LogP contribution is -2.59. The second-order valence-electron chi connectivity index (χ2n) is 9.00. The number of amides is 1. The van der Waals surface area contributed by atoms with E-state index in [1.54, 1.807) is 0 Å². The minimum atomic E-state index is -1.97. The third kappa shape index (κ3) is 6.76. The highest BCUT2D eigenvalue weighted by Crippen LogP contribution is 2.38. The van der Waals surface area contributed by atoms with Gasteiger partial charge >= 0.3 is 6.09 Å². The van der Waals surface area contributed by atoms with Gasteiger partial charge in [0.25, 0.3) is 0 Å². The number of nitrogens with zero attached hydrogens (tertiary/aromatic N) is 1. The zero-order chi connectivity index (χ0) is 20.8. The number of carbonyl (C=O) groups excluding carboxylic acids is 1. The molecule has 0 aromatic heterocycles. The number of alkyl carbamates (subject to hydrolysis) is 1. The van der Waals surface area contributed by atoms with Crippen LogP contribution in [-0.2, 0) is 15.7 Å². The summed E-state index contributed by atoms with van der Waals surface area (Å²) in [7, 11) is -1.97. The second kappa shape index (κ2) is 10.1. The van der Waals surface area contributed by atoms with Crippen LogP contribution in [0.2, 0.25) is 18.1 Å². The minimum Gasteiger partial charge on any atom is -0.448 e. The van der Waals surface area contributed by atoms with E-state index in [2.05, 4.69) is 68.3 Å². The van der Waals surface area contributed by atoms with Crippen molar-refractivity contribution in [2.75, 3.05) is 25.6 Å². The lowest BCUT2D eigenvalue weighted by atomic mass is 10.0. The molecule has 28 heavy (non-hydrogen) atoms. The average Bonchev–Trinajstić information content (AvgIpc) is 2.62. The van der Waals surface area contributed by atoms with E-state index in [9.17, 15) is 4.79 Å². The summed E-state index contributed by atoms with van der Waals surface area (Å²) in [5, 5.41) is 3.12. The summed E-state index contributed by atoms with van der Waals surface area (Å²) in [5.41, 5.74) is 1.29. The summed E-state index contributed by atoms with van der Waals surface area (Å²) in [6.07, 6.45) is 0.371. The molecule has 5 nitrogen and oxygen atoms in total. The maximum atomic E-state index is 12.1. The molecule has 0 saturated carbocycles. The fraction of sp³-hybridized carbons (Fsp3) is 0.667. The van der Waals surface area contributed by atoms with Gasteiger partial charge < -0.3 is 14.5 Å². The van der Waals surface area contributed by atoms with Gasteiger partial charge in [-0.1, -0.05) is 51.1 Å². The summed E-state index contributed by atoms with van der Waals surface area (Å²) in [5.74, 6) is 0.298. The van der Waals surface area contributed by atoms with Crippen molar-refractivity contribution < 1.29 is 14.0 Å². The minimum absolute atomic E-state index is 0.0519. The van der Waals surface area contributed by atoms with Crippen LogP contribution in [0, 0.1) is 0 Å². The Morgan fingerprint density at radius 1 is 1.29 bits per heavy atom. The predicted molar refractivity (Wildman–Crippen MR) is 117 cm³/mol. The third-order valence-corrected chi connectivity index (χ3v) is 10.4. The molecule has 2 unspecified atom stereocenters. The lowest BCUT2D eigenvalue weighted by molar-refractivity contribution is 0.0420. The number of piperidine rings is 1. The van der Waals surface area contributed by atoms with E-state index in [4.69, 9.17) is 20.8 Å². The van der Waals surface area contributed by atoms with Gasteiger partial charge in [-0.05, 0) is 30.1 Å². The molecular formula is C21H35ClN2O3Si. The Kier molecular flexibility index (Phi) is 8.37. The Balaban J connectivity index is 2.08. The van der Waals surface area contributed by atoms with Crippen LogP contribution in [0.25, 0.3) is 0 Å². The molecule has 158 valence electrons. The molecular weight excluding hydrogens is 392 g/mol. The van der Waals surface area contributed by atoms with E-state index < -0.39 is 14.4 Å². The number of alkyl halides is 1. The normalized spacial score (nSPS) is 21.4.